The van der Waals surface area contributed by atoms with Gasteiger partial charge in [0.25, 0.3) is 5.56 Å². The van der Waals surface area contributed by atoms with E-state index < -0.39 is 5.97 Å². The highest BCUT2D eigenvalue weighted by Gasteiger charge is 2.18. The minimum absolute atomic E-state index is 0.0186. The normalized spacial score (nSPS) is 11.5. The SMILES string of the molecule is Cn1c(=O)c(-c2ccc(Cl)cc2Cl)cc2c3cc(-c4nc(C(=O)O)cs4)ccc3n(C)c21. The average Bonchev–Trinajstić information content (AvgIpc) is 3.35. The smallest absolute Gasteiger partial charge is 0.355 e. The van der Waals surface area contributed by atoms with Crippen LogP contribution in [0.25, 0.3) is 43.6 Å². The molecule has 0 saturated heterocycles. The number of nitrogens with zero attached hydrogens (tertiary/aromatic N) is 3. The average molecular weight is 484 g/mol. The van der Waals surface area contributed by atoms with Gasteiger partial charge in [0.15, 0.2) is 5.69 Å². The summed E-state index contributed by atoms with van der Waals surface area (Å²) in [5, 5.41) is 14.0. The summed E-state index contributed by atoms with van der Waals surface area (Å²) >= 11 is 13.7. The van der Waals surface area contributed by atoms with E-state index in [0.717, 1.165) is 27.5 Å². The van der Waals surface area contributed by atoms with Crippen molar-refractivity contribution in [3.63, 3.8) is 0 Å². The van der Waals surface area contributed by atoms with Gasteiger partial charge >= 0.3 is 5.97 Å². The van der Waals surface area contributed by atoms with Crippen molar-refractivity contribution in [1.29, 1.82) is 0 Å². The molecule has 1 N–H and O–H groups in total. The largest absolute Gasteiger partial charge is 0.476 e. The number of aromatic carboxylic acids is 1. The molecule has 0 unspecified atom stereocenters. The lowest BCUT2D eigenvalue weighted by molar-refractivity contribution is 0.0691. The number of carboxylic acids is 1. The van der Waals surface area contributed by atoms with Gasteiger partial charge in [-0.15, -0.1) is 11.3 Å². The third-order valence-corrected chi connectivity index (χ3v) is 6.98. The number of pyridine rings is 1. The number of aryl methyl sites for hydroxylation is 2. The van der Waals surface area contributed by atoms with Crippen molar-refractivity contribution >= 4 is 62.4 Å². The number of thiazole rings is 1. The van der Waals surface area contributed by atoms with E-state index in [9.17, 15) is 14.7 Å². The quantitative estimate of drug-likeness (QED) is 0.350. The first-order valence-corrected chi connectivity index (χ1v) is 11.2. The van der Waals surface area contributed by atoms with E-state index in [1.807, 2.05) is 35.9 Å². The van der Waals surface area contributed by atoms with Crippen LogP contribution in [-0.2, 0) is 14.1 Å². The molecule has 9 heteroatoms. The van der Waals surface area contributed by atoms with Crippen molar-refractivity contribution in [2.45, 2.75) is 0 Å². The molecule has 5 aromatic rings. The predicted molar refractivity (Wildman–Crippen MR) is 129 cm³/mol. The second-order valence-electron chi connectivity index (χ2n) is 7.42. The van der Waals surface area contributed by atoms with Gasteiger partial charge < -0.3 is 9.67 Å². The molecule has 6 nitrogen and oxygen atoms in total. The molecule has 3 aromatic heterocycles. The number of rotatable bonds is 3. The fourth-order valence-electron chi connectivity index (χ4n) is 4.03. The number of aromatic nitrogens is 3. The third kappa shape index (κ3) is 3.12. The van der Waals surface area contributed by atoms with Gasteiger partial charge in [0, 0.05) is 52.0 Å². The molecule has 0 aliphatic heterocycles. The van der Waals surface area contributed by atoms with Crippen LogP contribution in [0.15, 0.2) is 52.6 Å². The first-order valence-electron chi connectivity index (χ1n) is 9.53. The lowest BCUT2D eigenvalue weighted by Gasteiger charge is -2.09. The Hall–Kier alpha value is -3.13. The van der Waals surface area contributed by atoms with Crippen molar-refractivity contribution in [3.8, 4) is 21.7 Å². The number of carbonyl (C=O) groups is 1. The van der Waals surface area contributed by atoms with Crippen molar-refractivity contribution in [2.75, 3.05) is 0 Å². The molecule has 0 fully saturated rings. The molecule has 0 spiro atoms. The molecule has 0 aliphatic rings. The Kier molecular flexibility index (Phi) is 4.85. The maximum Gasteiger partial charge on any atom is 0.355 e. The molecule has 0 radical (unpaired) electrons. The maximum absolute atomic E-state index is 13.2. The Morgan fingerprint density at radius 3 is 2.47 bits per heavy atom. The number of halogens is 2. The third-order valence-electron chi connectivity index (χ3n) is 5.54. The number of benzene rings is 2. The van der Waals surface area contributed by atoms with Crippen LogP contribution in [-0.4, -0.2) is 25.2 Å². The van der Waals surface area contributed by atoms with E-state index in [1.165, 1.54) is 16.7 Å². The molecule has 0 saturated carbocycles. The van der Waals surface area contributed by atoms with Gasteiger partial charge in [-0.05, 0) is 36.4 Å². The highest BCUT2D eigenvalue weighted by atomic mass is 35.5. The van der Waals surface area contributed by atoms with Crippen LogP contribution in [0.3, 0.4) is 0 Å². The topological polar surface area (TPSA) is 77.1 Å². The van der Waals surface area contributed by atoms with Crippen LogP contribution < -0.4 is 5.56 Å². The highest BCUT2D eigenvalue weighted by Crippen LogP contribution is 2.35. The van der Waals surface area contributed by atoms with Gasteiger partial charge in [-0.1, -0.05) is 29.3 Å². The maximum atomic E-state index is 13.2. The Morgan fingerprint density at radius 2 is 1.78 bits per heavy atom. The summed E-state index contributed by atoms with van der Waals surface area (Å²) < 4.78 is 3.58. The Labute approximate surface area is 195 Å². The Morgan fingerprint density at radius 1 is 1.00 bits per heavy atom. The fraction of sp³-hybridized carbons (Fsp3) is 0.0870. The molecule has 160 valence electrons. The van der Waals surface area contributed by atoms with E-state index in [-0.39, 0.29) is 11.3 Å². The van der Waals surface area contributed by atoms with Gasteiger partial charge in [0.2, 0.25) is 0 Å². The summed E-state index contributed by atoms with van der Waals surface area (Å²) in [6.45, 7) is 0. The first kappa shape index (κ1) is 20.8. The van der Waals surface area contributed by atoms with Crippen LogP contribution in [0.2, 0.25) is 10.0 Å². The van der Waals surface area contributed by atoms with Crippen molar-refractivity contribution in [2.24, 2.45) is 14.1 Å². The number of hydrogen-bond donors (Lipinski definition) is 1. The molecule has 32 heavy (non-hydrogen) atoms. The van der Waals surface area contributed by atoms with Crippen molar-refractivity contribution in [1.82, 2.24) is 14.1 Å². The summed E-state index contributed by atoms with van der Waals surface area (Å²) in [4.78, 5) is 28.6. The standard InChI is InChI=1S/C23H15Cl2N3O3S/c1-27-19-6-3-11(20-26-18(10-32-20)23(30)31)7-14(19)15-9-16(22(29)28(2)21(15)27)13-5-4-12(24)8-17(13)25/h3-10H,1-2H3,(H,30,31). The van der Waals surface area contributed by atoms with Crippen LogP contribution in [0.5, 0.6) is 0 Å². The Bertz CT molecular complexity index is 1630. The summed E-state index contributed by atoms with van der Waals surface area (Å²) in [6.07, 6.45) is 0. The van der Waals surface area contributed by atoms with Gasteiger partial charge in [-0.2, -0.15) is 0 Å². The monoisotopic (exact) mass is 483 g/mol. The fourth-order valence-corrected chi connectivity index (χ4v) is 5.33. The van der Waals surface area contributed by atoms with Gasteiger partial charge in [0.05, 0.1) is 10.5 Å². The number of hydrogen-bond acceptors (Lipinski definition) is 4. The van der Waals surface area contributed by atoms with E-state index >= 15 is 0 Å². The molecular weight excluding hydrogens is 469 g/mol. The lowest BCUT2D eigenvalue weighted by Crippen LogP contribution is -2.20. The minimum Gasteiger partial charge on any atom is -0.476 e. The number of carboxylic acid groups (broad SMARTS) is 1. The molecule has 0 atom stereocenters. The minimum atomic E-state index is -1.06. The zero-order valence-electron chi connectivity index (χ0n) is 16.9. The number of fused-ring (bicyclic) bond motifs is 3. The second-order valence-corrected chi connectivity index (χ2v) is 9.12. The van der Waals surface area contributed by atoms with Crippen LogP contribution >= 0.6 is 34.5 Å². The molecule has 2 aromatic carbocycles. The zero-order valence-corrected chi connectivity index (χ0v) is 19.2. The molecule has 3 heterocycles. The molecule has 0 amide bonds. The van der Waals surface area contributed by atoms with Crippen molar-refractivity contribution < 1.29 is 9.90 Å². The lowest BCUT2D eigenvalue weighted by atomic mass is 10.0. The summed E-state index contributed by atoms with van der Waals surface area (Å²) in [7, 11) is 3.64. The highest BCUT2D eigenvalue weighted by molar-refractivity contribution is 7.13. The first-order chi connectivity index (χ1) is 15.3. The van der Waals surface area contributed by atoms with E-state index in [4.69, 9.17) is 23.2 Å². The summed E-state index contributed by atoms with van der Waals surface area (Å²) in [5.41, 5.74) is 3.44. The van der Waals surface area contributed by atoms with Crippen LogP contribution in [0, 0.1) is 0 Å². The zero-order chi connectivity index (χ0) is 22.7. The van der Waals surface area contributed by atoms with Gasteiger partial charge in [-0.3, -0.25) is 9.36 Å². The summed E-state index contributed by atoms with van der Waals surface area (Å²) in [6, 6.07) is 12.7. The summed E-state index contributed by atoms with van der Waals surface area (Å²) in [5.74, 6) is -1.06. The molecule has 0 bridgehead atoms. The van der Waals surface area contributed by atoms with E-state index in [0.29, 0.717) is 26.2 Å². The predicted octanol–water partition coefficient (Wildman–Crippen LogP) is 5.83. The molecule has 0 aliphatic carbocycles. The van der Waals surface area contributed by atoms with Gasteiger partial charge in [0.1, 0.15) is 10.7 Å². The van der Waals surface area contributed by atoms with E-state index in [1.54, 1.807) is 29.8 Å². The molecule has 5 rings (SSSR count). The van der Waals surface area contributed by atoms with Crippen LogP contribution in [0.1, 0.15) is 10.5 Å². The van der Waals surface area contributed by atoms with Crippen molar-refractivity contribution in [3.05, 3.63) is 73.9 Å². The van der Waals surface area contributed by atoms with E-state index in [2.05, 4.69) is 4.98 Å². The second kappa shape index (κ2) is 7.48. The Balaban J connectivity index is 1.81. The molecular formula is C23H15Cl2N3O3S. The van der Waals surface area contributed by atoms with Crippen LogP contribution in [0.4, 0.5) is 0 Å². The van der Waals surface area contributed by atoms with Gasteiger partial charge in [-0.25, -0.2) is 9.78 Å².